The fourth-order valence-electron chi connectivity index (χ4n) is 4.04. The van der Waals surface area contributed by atoms with E-state index < -0.39 is 24.0 Å². The third-order valence-corrected chi connectivity index (χ3v) is 5.56. The predicted molar refractivity (Wildman–Crippen MR) is 124 cm³/mol. The lowest BCUT2D eigenvalue weighted by molar-refractivity contribution is -0.137. The molecular weight excluding hydrogens is 456 g/mol. The van der Waals surface area contributed by atoms with E-state index >= 15 is 0 Å². The molecule has 8 heteroatoms. The first-order valence-corrected chi connectivity index (χ1v) is 10.1. The first kappa shape index (κ1) is 24.8. The molecule has 0 bridgehead atoms. The number of aromatic nitrogens is 1. The standard InChI is InChI=1S/C25H22F4N2O.ClH/c1-30-24(23(32)14-16-5-4-6-19(26)13-16)31-15-21(20-7-2-3-8-22(20)31)17-9-11-18(12-10-17)25(27,28)29;/h2-13,15,23-24,30,32H,14H2,1H3;1H/t23-,24?;/m1./s1. The van der Waals surface area contributed by atoms with Crippen LogP contribution in [-0.2, 0) is 12.6 Å². The molecule has 2 atom stereocenters. The number of nitrogens with zero attached hydrogens (tertiary/aromatic N) is 1. The molecule has 0 spiro atoms. The number of aliphatic hydroxyl groups excluding tert-OH is 1. The summed E-state index contributed by atoms with van der Waals surface area (Å²) in [6.07, 6.45) is -3.76. The van der Waals surface area contributed by atoms with Crippen molar-refractivity contribution in [2.45, 2.75) is 24.9 Å². The summed E-state index contributed by atoms with van der Waals surface area (Å²) < 4.78 is 54.3. The molecule has 3 nitrogen and oxygen atoms in total. The highest BCUT2D eigenvalue weighted by atomic mass is 35.5. The van der Waals surface area contributed by atoms with Gasteiger partial charge in [0.25, 0.3) is 0 Å². The van der Waals surface area contributed by atoms with Crippen LogP contribution in [0.2, 0.25) is 0 Å². The number of nitrogens with one attached hydrogen (secondary N) is 1. The average molecular weight is 479 g/mol. The highest BCUT2D eigenvalue weighted by Gasteiger charge is 2.30. The minimum atomic E-state index is -4.40. The second-order valence-corrected chi connectivity index (χ2v) is 7.68. The third-order valence-electron chi connectivity index (χ3n) is 5.56. The third kappa shape index (κ3) is 5.21. The van der Waals surface area contributed by atoms with Crippen LogP contribution in [0.5, 0.6) is 0 Å². The Balaban J connectivity index is 0.00000306. The van der Waals surface area contributed by atoms with Crippen molar-refractivity contribution in [2.75, 3.05) is 7.05 Å². The van der Waals surface area contributed by atoms with Crippen LogP contribution in [0.3, 0.4) is 0 Å². The van der Waals surface area contributed by atoms with Crippen molar-refractivity contribution in [3.63, 3.8) is 0 Å². The van der Waals surface area contributed by atoms with Gasteiger partial charge < -0.3 is 9.67 Å². The number of rotatable bonds is 6. The molecule has 0 radical (unpaired) electrons. The molecule has 0 aliphatic carbocycles. The Labute approximate surface area is 195 Å². The van der Waals surface area contributed by atoms with Crippen LogP contribution >= 0.6 is 12.4 Å². The molecule has 0 aliphatic heterocycles. The molecule has 0 saturated carbocycles. The summed E-state index contributed by atoms with van der Waals surface area (Å²) in [6.45, 7) is 0. The molecule has 0 amide bonds. The zero-order chi connectivity index (χ0) is 22.9. The van der Waals surface area contributed by atoms with Crippen molar-refractivity contribution in [2.24, 2.45) is 0 Å². The quantitative estimate of drug-likeness (QED) is 0.323. The molecular formula is C25H23ClF4N2O. The second kappa shape index (κ2) is 9.95. The van der Waals surface area contributed by atoms with E-state index in [1.165, 1.54) is 24.3 Å². The van der Waals surface area contributed by atoms with Gasteiger partial charge in [-0.05, 0) is 48.5 Å². The van der Waals surface area contributed by atoms with Gasteiger partial charge in [-0.3, -0.25) is 5.32 Å². The van der Waals surface area contributed by atoms with Crippen molar-refractivity contribution in [3.05, 3.63) is 95.9 Å². The topological polar surface area (TPSA) is 37.2 Å². The fourth-order valence-corrected chi connectivity index (χ4v) is 4.04. The summed E-state index contributed by atoms with van der Waals surface area (Å²) in [4.78, 5) is 0. The summed E-state index contributed by atoms with van der Waals surface area (Å²) in [5, 5.41) is 14.9. The van der Waals surface area contributed by atoms with Crippen LogP contribution in [0.1, 0.15) is 17.3 Å². The Bertz CT molecular complexity index is 1220. The molecule has 0 fully saturated rings. The van der Waals surface area contributed by atoms with Gasteiger partial charge in [0, 0.05) is 23.6 Å². The SMILES string of the molecule is CNC([C@H](O)Cc1cccc(F)c1)n1cc(-c2ccc(C(F)(F)F)cc2)c2ccccc21.Cl. The first-order valence-electron chi connectivity index (χ1n) is 10.1. The Hall–Kier alpha value is -2.87. The molecule has 4 aromatic rings. The maximum absolute atomic E-state index is 13.6. The van der Waals surface area contributed by atoms with E-state index in [9.17, 15) is 22.7 Å². The van der Waals surface area contributed by atoms with Gasteiger partial charge in [0.15, 0.2) is 0 Å². The van der Waals surface area contributed by atoms with E-state index in [4.69, 9.17) is 0 Å². The molecule has 1 unspecified atom stereocenters. The molecule has 0 saturated heterocycles. The second-order valence-electron chi connectivity index (χ2n) is 7.68. The van der Waals surface area contributed by atoms with E-state index in [0.717, 1.165) is 28.6 Å². The van der Waals surface area contributed by atoms with Crippen LogP contribution in [-0.4, -0.2) is 22.8 Å². The monoisotopic (exact) mass is 478 g/mol. The molecule has 3 aromatic carbocycles. The number of hydrogen-bond donors (Lipinski definition) is 2. The summed E-state index contributed by atoms with van der Waals surface area (Å²) >= 11 is 0. The van der Waals surface area contributed by atoms with E-state index in [2.05, 4.69) is 5.32 Å². The van der Waals surface area contributed by atoms with Gasteiger partial charge in [0.05, 0.1) is 17.2 Å². The number of likely N-dealkylation sites (N-methyl/N-ethyl adjacent to an activating group) is 1. The van der Waals surface area contributed by atoms with Gasteiger partial charge in [-0.2, -0.15) is 13.2 Å². The van der Waals surface area contributed by atoms with Gasteiger partial charge in [-0.25, -0.2) is 4.39 Å². The van der Waals surface area contributed by atoms with E-state index in [-0.39, 0.29) is 24.6 Å². The van der Waals surface area contributed by atoms with Crippen molar-refractivity contribution in [1.82, 2.24) is 9.88 Å². The molecule has 2 N–H and O–H groups in total. The average Bonchev–Trinajstić information content (AvgIpc) is 3.13. The molecule has 1 aromatic heterocycles. The van der Waals surface area contributed by atoms with E-state index in [1.54, 1.807) is 19.2 Å². The number of alkyl halides is 3. The van der Waals surface area contributed by atoms with Crippen molar-refractivity contribution in [1.29, 1.82) is 0 Å². The molecule has 1 heterocycles. The highest BCUT2D eigenvalue weighted by molar-refractivity contribution is 5.96. The zero-order valence-electron chi connectivity index (χ0n) is 17.7. The number of benzene rings is 3. The molecule has 174 valence electrons. The Morgan fingerprint density at radius 1 is 0.970 bits per heavy atom. The fraction of sp³-hybridized carbons (Fsp3) is 0.200. The maximum atomic E-state index is 13.6. The zero-order valence-corrected chi connectivity index (χ0v) is 18.5. The largest absolute Gasteiger partial charge is 0.416 e. The number of halogens is 5. The molecule has 33 heavy (non-hydrogen) atoms. The number of hydrogen-bond acceptors (Lipinski definition) is 2. The normalized spacial score (nSPS) is 13.5. The Kier molecular flexibility index (Phi) is 7.47. The van der Waals surface area contributed by atoms with Crippen LogP contribution < -0.4 is 5.32 Å². The van der Waals surface area contributed by atoms with Gasteiger partial charge in [0.1, 0.15) is 12.0 Å². The highest BCUT2D eigenvalue weighted by Crippen LogP contribution is 2.35. The van der Waals surface area contributed by atoms with Gasteiger partial charge in [0.2, 0.25) is 0 Å². The van der Waals surface area contributed by atoms with E-state index in [1.807, 2.05) is 35.0 Å². The number of para-hydroxylation sites is 1. The summed E-state index contributed by atoms with van der Waals surface area (Å²) in [5.41, 5.74) is 2.18. The van der Waals surface area contributed by atoms with Crippen LogP contribution in [0.25, 0.3) is 22.0 Å². The number of fused-ring (bicyclic) bond motifs is 1. The smallest absolute Gasteiger partial charge is 0.389 e. The lowest BCUT2D eigenvalue weighted by atomic mass is 10.0. The maximum Gasteiger partial charge on any atom is 0.416 e. The predicted octanol–water partition coefficient (Wildman–Crippen LogP) is 6.21. The summed E-state index contributed by atoms with van der Waals surface area (Å²) in [7, 11) is 1.71. The van der Waals surface area contributed by atoms with Crippen LogP contribution in [0, 0.1) is 5.82 Å². The summed E-state index contributed by atoms with van der Waals surface area (Å²) in [5.74, 6) is -0.369. The van der Waals surface area contributed by atoms with Gasteiger partial charge in [-0.15, -0.1) is 12.4 Å². The first-order chi connectivity index (χ1) is 15.3. The van der Waals surface area contributed by atoms with Crippen LogP contribution in [0.4, 0.5) is 17.6 Å². The van der Waals surface area contributed by atoms with Crippen molar-refractivity contribution in [3.8, 4) is 11.1 Å². The molecule has 0 aliphatic rings. The van der Waals surface area contributed by atoms with Gasteiger partial charge >= 0.3 is 6.18 Å². The lowest BCUT2D eigenvalue weighted by Crippen LogP contribution is -2.35. The van der Waals surface area contributed by atoms with E-state index in [0.29, 0.717) is 11.1 Å². The number of aliphatic hydroxyl groups is 1. The van der Waals surface area contributed by atoms with Crippen molar-refractivity contribution < 1.29 is 22.7 Å². The minimum absolute atomic E-state index is 0. The Morgan fingerprint density at radius 2 is 1.67 bits per heavy atom. The Morgan fingerprint density at radius 3 is 2.30 bits per heavy atom. The summed E-state index contributed by atoms with van der Waals surface area (Å²) in [6, 6.07) is 18.6. The van der Waals surface area contributed by atoms with Gasteiger partial charge in [-0.1, -0.05) is 42.5 Å². The van der Waals surface area contributed by atoms with Crippen LogP contribution in [0.15, 0.2) is 79.0 Å². The molecule has 4 rings (SSSR count). The lowest BCUT2D eigenvalue weighted by Gasteiger charge is -2.25. The van der Waals surface area contributed by atoms with Crippen molar-refractivity contribution >= 4 is 23.3 Å². The minimum Gasteiger partial charge on any atom is -0.389 e.